The van der Waals surface area contributed by atoms with Gasteiger partial charge >= 0.3 is 0 Å². The van der Waals surface area contributed by atoms with Crippen molar-refractivity contribution in [2.75, 3.05) is 24.8 Å². The van der Waals surface area contributed by atoms with Gasteiger partial charge in [0.25, 0.3) is 5.91 Å². The molecule has 1 atom stereocenters. The third-order valence-electron chi connectivity index (χ3n) is 4.22. The zero-order valence-corrected chi connectivity index (χ0v) is 18.8. The number of aliphatic hydroxyl groups excluding tert-OH is 1. The number of anilines is 1. The van der Waals surface area contributed by atoms with Gasteiger partial charge in [0.2, 0.25) is 5.91 Å². The van der Waals surface area contributed by atoms with E-state index in [1.54, 1.807) is 43.0 Å². The molecule has 2 aromatic heterocycles. The molecule has 0 saturated carbocycles. The first-order valence-electron chi connectivity index (χ1n) is 9.21. The third-order valence-corrected chi connectivity index (χ3v) is 6.11. The fourth-order valence-electron chi connectivity index (χ4n) is 2.63. The molecule has 0 saturated heterocycles. The van der Waals surface area contributed by atoms with E-state index in [2.05, 4.69) is 25.8 Å². The van der Waals surface area contributed by atoms with Crippen molar-refractivity contribution in [2.24, 2.45) is 7.05 Å². The molecular formula is C19H22N6O4S2. The summed E-state index contributed by atoms with van der Waals surface area (Å²) in [5, 5.41) is 26.3. The van der Waals surface area contributed by atoms with Crippen LogP contribution in [0.15, 0.2) is 34.8 Å². The van der Waals surface area contributed by atoms with Gasteiger partial charge in [-0.1, -0.05) is 11.8 Å². The van der Waals surface area contributed by atoms with E-state index in [0.717, 1.165) is 5.69 Å². The maximum Gasteiger partial charge on any atom is 0.251 e. The summed E-state index contributed by atoms with van der Waals surface area (Å²) in [5.74, 6) is 0.557. The number of aromatic nitrogens is 4. The second kappa shape index (κ2) is 10.4. The van der Waals surface area contributed by atoms with E-state index in [0.29, 0.717) is 27.4 Å². The van der Waals surface area contributed by atoms with E-state index in [4.69, 9.17) is 4.74 Å². The first kappa shape index (κ1) is 22.7. The number of amides is 2. The smallest absolute Gasteiger partial charge is 0.251 e. The van der Waals surface area contributed by atoms with Gasteiger partial charge in [0.1, 0.15) is 11.8 Å². The number of ether oxygens (including phenoxy) is 1. The largest absolute Gasteiger partial charge is 0.497 e. The molecule has 10 nitrogen and oxygen atoms in total. The number of thioether (sulfide) groups is 1. The van der Waals surface area contributed by atoms with Crippen LogP contribution in [0.1, 0.15) is 27.9 Å². The van der Waals surface area contributed by atoms with Crippen LogP contribution in [-0.2, 0) is 11.8 Å². The molecule has 0 aliphatic carbocycles. The lowest BCUT2D eigenvalue weighted by atomic mass is 10.2. The number of methoxy groups -OCH3 is 1. The molecule has 3 N–H and O–H groups in total. The van der Waals surface area contributed by atoms with Gasteiger partial charge in [0, 0.05) is 18.0 Å². The molecule has 164 valence electrons. The number of nitrogens with zero attached hydrogens (tertiary/aromatic N) is 4. The number of thiazole rings is 1. The number of carbonyl (C=O) groups is 2. The Morgan fingerprint density at radius 2 is 2.03 bits per heavy atom. The number of carbonyl (C=O) groups excluding carboxylic acids is 2. The lowest BCUT2D eigenvalue weighted by molar-refractivity contribution is -0.113. The molecule has 0 spiro atoms. The number of hydrogen-bond donors (Lipinski definition) is 3. The van der Waals surface area contributed by atoms with E-state index in [9.17, 15) is 14.7 Å². The molecule has 2 amide bonds. The van der Waals surface area contributed by atoms with Crippen LogP contribution < -0.4 is 15.4 Å². The number of rotatable bonds is 9. The average Bonchev–Trinajstić information content (AvgIpc) is 3.35. The van der Waals surface area contributed by atoms with Crippen molar-refractivity contribution < 1.29 is 19.4 Å². The van der Waals surface area contributed by atoms with Crippen molar-refractivity contribution >= 4 is 40.0 Å². The Morgan fingerprint density at radius 3 is 2.65 bits per heavy atom. The van der Waals surface area contributed by atoms with Gasteiger partial charge in [0.15, 0.2) is 16.1 Å². The summed E-state index contributed by atoms with van der Waals surface area (Å²) in [4.78, 5) is 28.8. The molecule has 2 heterocycles. The second-order valence-corrected chi connectivity index (χ2v) is 8.27. The minimum atomic E-state index is -0.756. The Hall–Kier alpha value is -2.96. The Morgan fingerprint density at radius 1 is 1.29 bits per heavy atom. The topological polar surface area (TPSA) is 131 Å². The van der Waals surface area contributed by atoms with Gasteiger partial charge in [-0.25, -0.2) is 4.98 Å². The SMILES string of the molecule is COc1ccc(C(=O)N[C@@H](CO)c2nnc(SCC(=O)Nc3nc(C)cs3)n2C)cc1. The minimum Gasteiger partial charge on any atom is -0.497 e. The lowest BCUT2D eigenvalue weighted by Crippen LogP contribution is -2.32. The van der Waals surface area contributed by atoms with Crippen molar-refractivity contribution in [2.45, 2.75) is 18.1 Å². The molecule has 0 radical (unpaired) electrons. The number of hydrogen-bond acceptors (Lipinski definition) is 9. The summed E-state index contributed by atoms with van der Waals surface area (Å²) in [7, 11) is 3.26. The molecule has 0 bridgehead atoms. The van der Waals surface area contributed by atoms with Gasteiger partial charge < -0.3 is 25.0 Å². The van der Waals surface area contributed by atoms with E-state index >= 15 is 0 Å². The molecule has 0 aliphatic rings. The van der Waals surface area contributed by atoms with Crippen molar-refractivity contribution in [3.05, 3.63) is 46.7 Å². The maximum absolute atomic E-state index is 12.5. The summed E-state index contributed by atoms with van der Waals surface area (Å²) in [6.07, 6.45) is 0. The molecule has 0 aliphatic heterocycles. The van der Waals surface area contributed by atoms with Crippen LogP contribution in [0.2, 0.25) is 0 Å². The maximum atomic E-state index is 12.5. The third kappa shape index (κ3) is 5.81. The quantitative estimate of drug-likeness (QED) is 0.410. The van der Waals surface area contributed by atoms with Crippen LogP contribution in [0, 0.1) is 6.92 Å². The highest BCUT2D eigenvalue weighted by atomic mass is 32.2. The number of benzene rings is 1. The first-order valence-corrected chi connectivity index (χ1v) is 11.1. The number of nitrogens with one attached hydrogen (secondary N) is 2. The molecular weight excluding hydrogens is 440 g/mol. The molecule has 0 unspecified atom stereocenters. The number of aliphatic hydroxyl groups is 1. The van der Waals surface area contributed by atoms with Crippen LogP contribution in [0.5, 0.6) is 5.75 Å². The summed E-state index contributed by atoms with van der Waals surface area (Å²) in [5.41, 5.74) is 1.27. The van der Waals surface area contributed by atoms with Crippen LogP contribution in [0.3, 0.4) is 0 Å². The van der Waals surface area contributed by atoms with Gasteiger partial charge in [-0.2, -0.15) is 0 Å². The summed E-state index contributed by atoms with van der Waals surface area (Å²) >= 11 is 2.55. The van der Waals surface area contributed by atoms with Gasteiger partial charge in [0.05, 0.1) is 25.2 Å². The fraction of sp³-hybridized carbons (Fsp3) is 0.316. The normalized spacial score (nSPS) is 11.7. The Balaban J connectivity index is 1.61. The van der Waals surface area contributed by atoms with Gasteiger partial charge in [-0.15, -0.1) is 21.5 Å². The van der Waals surface area contributed by atoms with Gasteiger partial charge in [-0.05, 0) is 31.2 Å². The summed E-state index contributed by atoms with van der Waals surface area (Å²) < 4.78 is 6.73. The average molecular weight is 463 g/mol. The van der Waals surface area contributed by atoms with Crippen LogP contribution >= 0.6 is 23.1 Å². The van der Waals surface area contributed by atoms with Crippen LogP contribution in [0.25, 0.3) is 0 Å². The fourth-order valence-corrected chi connectivity index (χ4v) is 4.05. The predicted molar refractivity (Wildman–Crippen MR) is 117 cm³/mol. The molecule has 12 heteroatoms. The van der Waals surface area contributed by atoms with Crippen molar-refractivity contribution in [1.29, 1.82) is 0 Å². The highest BCUT2D eigenvalue weighted by Gasteiger charge is 2.22. The molecule has 1 aromatic carbocycles. The highest BCUT2D eigenvalue weighted by molar-refractivity contribution is 7.99. The molecule has 31 heavy (non-hydrogen) atoms. The van der Waals surface area contributed by atoms with E-state index in [-0.39, 0.29) is 24.2 Å². The highest BCUT2D eigenvalue weighted by Crippen LogP contribution is 2.21. The standard InChI is InChI=1S/C19H22N6O4S2/c1-11-9-30-18(20-11)22-15(27)10-31-19-24-23-16(25(19)2)14(8-26)21-17(28)12-4-6-13(29-3)7-5-12/h4-7,9,14,26H,8,10H2,1-3H3,(H,21,28)(H,20,22,27)/t14-/m0/s1. The molecule has 3 aromatic rings. The Bertz CT molecular complexity index is 1050. The van der Waals surface area contributed by atoms with Crippen molar-refractivity contribution in [3.8, 4) is 5.75 Å². The van der Waals surface area contributed by atoms with Crippen LogP contribution in [-0.4, -0.2) is 56.1 Å². The summed E-state index contributed by atoms with van der Waals surface area (Å²) in [6, 6.07) is 5.86. The molecule has 0 fully saturated rings. The monoisotopic (exact) mass is 462 g/mol. The van der Waals surface area contributed by atoms with E-state index in [1.165, 1.54) is 23.1 Å². The van der Waals surface area contributed by atoms with Crippen molar-refractivity contribution in [3.63, 3.8) is 0 Å². The second-order valence-electron chi connectivity index (χ2n) is 6.47. The Labute approximate surface area is 187 Å². The van der Waals surface area contributed by atoms with E-state index < -0.39 is 6.04 Å². The zero-order valence-electron chi connectivity index (χ0n) is 17.2. The van der Waals surface area contributed by atoms with E-state index in [1.807, 2.05) is 12.3 Å². The zero-order chi connectivity index (χ0) is 22.4. The summed E-state index contributed by atoms with van der Waals surface area (Å²) in [6.45, 7) is 1.50. The van der Waals surface area contributed by atoms with Crippen LogP contribution in [0.4, 0.5) is 5.13 Å². The molecule has 3 rings (SSSR count). The lowest BCUT2D eigenvalue weighted by Gasteiger charge is -2.16. The Kier molecular flexibility index (Phi) is 7.60. The van der Waals surface area contributed by atoms with Gasteiger partial charge in [-0.3, -0.25) is 9.59 Å². The minimum absolute atomic E-state index is 0.118. The van der Waals surface area contributed by atoms with Crippen molar-refractivity contribution in [1.82, 2.24) is 25.1 Å². The number of aryl methyl sites for hydroxylation is 1. The predicted octanol–water partition coefficient (Wildman–Crippen LogP) is 1.78. The first-order chi connectivity index (χ1) is 14.9.